The number of rotatable bonds is 5. The van der Waals surface area contributed by atoms with Gasteiger partial charge in [0.15, 0.2) is 0 Å². The Balaban J connectivity index is 1.65. The van der Waals surface area contributed by atoms with Crippen molar-refractivity contribution in [3.63, 3.8) is 0 Å². The summed E-state index contributed by atoms with van der Waals surface area (Å²) in [6.45, 7) is 1.27. The van der Waals surface area contributed by atoms with Crippen molar-refractivity contribution in [3.05, 3.63) is 54.4 Å². The number of pyridine rings is 1. The Kier molecular flexibility index (Phi) is 5.65. The number of nitrogens with zero attached hydrogens (tertiary/aromatic N) is 2. The summed E-state index contributed by atoms with van der Waals surface area (Å²) < 4.78 is 0. The summed E-state index contributed by atoms with van der Waals surface area (Å²) in [5, 5.41) is 2.88. The van der Waals surface area contributed by atoms with Gasteiger partial charge in [0.1, 0.15) is 0 Å². The number of likely N-dealkylation sites (tertiary alicyclic amines) is 1. The zero-order valence-electron chi connectivity index (χ0n) is 17.1. The standard InChI is InChI=1S/C24H29N3O2/c1-25-23(29)24(12-5-15-27(17-24)22(28)19-7-4-8-19)16-20-6-2-3-9-21(20)18-10-13-26-14-11-18/h2-3,6,9-11,13-14,19H,4-5,7-8,12,15-17H2,1H3,(H,25,29)/t24-/m0/s1. The third kappa shape index (κ3) is 3.91. The van der Waals surface area contributed by atoms with Crippen LogP contribution in [0.1, 0.15) is 37.7 Å². The van der Waals surface area contributed by atoms with E-state index < -0.39 is 5.41 Å². The van der Waals surface area contributed by atoms with Gasteiger partial charge in [-0.25, -0.2) is 0 Å². The molecule has 0 radical (unpaired) electrons. The Labute approximate surface area is 172 Å². The van der Waals surface area contributed by atoms with Gasteiger partial charge in [0, 0.05) is 38.4 Å². The van der Waals surface area contributed by atoms with Crippen molar-refractivity contribution < 1.29 is 9.59 Å². The number of hydrogen-bond donors (Lipinski definition) is 1. The lowest BCUT2D eigenvalue weighted by Gasteiger charge is -2.43. The monoisotopic (exact) mass is 391 g/mol. The van der Waals surface area contributed by atoms with Crippen molar-refractivity contribution >= 4 is 11.8 Å². The normalized spacial score (nSPS) is 22.0. The van der Waals surface area contributed by atoms with Crippen LogP contribution in [0.2, 0.25) is 0 Å². The number of piperidine rings is 1. The van der Waals surface area contributed by atoms with E-state index in [-0.39, 0.29) is 17.7 Å². The van der Waals surface area contributed by atoms with Crippen molar-refractivity contribution in [3.8, 4) is 11.1 Å². The topological polar surface area (TPSA) is 62.3 Å². The second-order valence-electron chi connectivity index (χ2n) is 8.42. The second-order valence-corrected chi connectivity index (χ2v) is 8.42. The molecule has 1 aromatic carbocycles. The molecular formula is C24H29N3O2. The van der Waals surface area contributed by atoms with Gasteiger partial charge in [-0.2, -0.15) is 0 Å². The third-order valence-electron chi connectivity index (χ3n) is 6.59. The maximum atomic E-state index is 13.1. The number of carbonyl (C=O) groups is 2. The molecule has 1 aliphatic heterocycles. The Hall–Kier alpha value is -2.69. The van der Waals surface area contributed by atoms with Gasteiger partial charge in [-0.15, -0.1) is 0 Å². The first-order valence-corrected chi connectivity index (χ1v) is 10.6. The largest absolute Gasteiger partial charge is 0.359 e. The SMILES string of the molecule is CNC(=O)[C@]1(Cc2ccccc2-c2ccncc2)CCCN(C(=O)C2CCC2)C1. The molecule has 1 N–H and O–H groups in total. The molecule has 4 rings (SSSR count). The number of benzene rings is 1. The predicted molar refractivity (Wildman–Crippen MR) is 113 cm³/mol. The molecule has 152 valence electrons. The third-order valence-corrected chi connectivity index (χ3v) is 6.59. The van der Waals surface area contributed by atoms with Crippen LogP contribution in [0.25, 0.3) is 11.1 Å². The van der Waals surface area contributed by atoms with Crippen LogP contribution < -0.4 is 5.32 Å². The molecule has 1 aromatic heterocycles. The van der Waals surface area contributed by atoms with Crippen molar-refractivity contribution in [1.29, 1.82) is 0 Å². The van der Waals surface area contributed by atoms with Crippen LogP contribution in [0.3, 0.4) is 0 Å². The van der Waals surface area contributed by atoms with Crippen molar-refractivity contribution in [2.24, 2.45) is 11.3 Å². The van der Waals surface area contributed by atoms with E-state index in [2.05, 4.69) is 22.4 Å². The fraction of sp³-hybridized carbons (Fsp3) is 0.458. The summed E-state index contributed by atoms with van der Waals surface area (Å²) in [6.07, 6.45) is 9.00. The van der Waals surface area contributed by atoms with Gasteiger partial charge in [0.25, 0.3) is 0 Å². The lowest BCUT2D eigenvalue weighted by atomic mass is 9.72. The van der Waals surface area contributed by atoms with Gasteiger partial charge >= 0.3 is 0 Å². The number of amides is 2. The Morgan fingerprint density at radius 3 is 2.59 bits per heavy atom. The minimum Gasteiger partial charge on any atom is -0.359 e. The lowest BCUT2D eigenvalue weighted by molar-refractivity contribution is -0.146. The minimum atomic E-state index is -0.588. The van der Waals surface area contributed by atoms with Gasteiger partial charge in [0.2, 0.25) is 11.8 Å². The minimum absolute atomic E-state index is 0.0353. The lowest BCUT2D eigenvalue weighted by Crippen LogP contribution is -2.55. The molecule has 0 bridgehead atoms. The van der Waals surface area contributed by atoms with E-state index in [1.807, 2.05) is 29.2 Å². The van der Waals surface area contributed by atoms with Gasteiger partial charge < -0.3 is 10.2 Å². The second kappa shape index (κ2) is 8.36. The molecule has 2 aromatic rings. The zero-order valence-corrected chi connectivity index (χ0v) is 17.1. The summed E-state index contributed by atoms with van der Waals surface area (Å²) in [4.78, 5) is 32.1. The summed E-state index contributed by atoms with van der Waals surface area (Å²) in [5.41, 5.74) is 2.77. The number of carbonyl (C=O) groups excluding carboxylic acids is 2. The number of nitrogens with one attached hydrogen (secondary N) is 1. The van der Waals surface area contributed by atoms with Gasteiger partial charge in [0.05, 0.1) is 5.41 Å². The van der Waals surface area contributed by atoms with E-state index in [9.17, 15) is 9.59 Å². The van der Waals surface area contributed by atoms with Gasteiger partial charge in [-0.3, -0.25) is 14.6 Å². The molecule has 2 aliphatic rings. The Morgan fingerprint density at radius 2 is 1.90 bits per heavy atom. The molecule has 29 heavy (non-hydrogen) atoms. The van der Waals surface area contributed by atoms with Crippen LogP contribution in [0, 0.1) is 11.3 Å². The highest BCUT2D eigenvalue weighted by molar-refractivity contribution is 5.86. The molecular weight excluding hydrogens is 362 g/mol. The Bertz CT molecular complexity index is 879. The van der Waals surface area contributed by atoms with Gasteiger partial charge in [-0.1, -0.05) is 30.7 Å². The summed E-state index contributed by atoms with van der Waals surface area (Å²) in [7, 11) is 1.70. The van der Waals surface area contributed by atoms with E-state index in [4.69, 9.17) is 0 Å². The molecule has 2 fully saturated rings. The molecule has 0 unspecified atom stereocenters. The molecule has 0 spiro atoms. The molecule has 5 heteroatoms. The average molecular weight is 392 g/mol. The first-order chi connectivity index (χ1) is 14.1. The van der Waals surface area contributed by atoms with E-state index >= 15 is 0 Å². The van der Waals surface area contributed by atoms with Crippen molar-refractivity contribution in [2.75, 3.05) is 20.1 Å². The first-order valence-electron chi connectivity index (χ1n) is 10.6. The van der Waals surface area contributed by atoms with Crippen LogP contribution in [-0.2, 0) is 16.0 Å². The predicted octanol–water partition coefficient (Wildman–Crippen LogP) is 3.45. The molecule has 1 saturated carbocycles. The molecule has 5 nitrogen and oxygen atoms in total. The fourth-order valence-electron chi connectivity index (χ4n) is 4.76. The quantitative estimate of drug-likeness (QED) is 0.849. The first kappa shape index (κ1) is 19.6. The highest BCUT2D eigenvalue weighted by atomic mass is 16.2. The average Bonchev–Trinajstić information content (AvgIpc) is 2.73. The summed E-state index contributed by atoms with van der Waals surface area (Å²) in [5.74, 6) is 0.444. The molecule has 2 amide bonds. The van der Waals surface area contributed by atoms with Crippen LogP contribution in [0.15, 0.2) is 48.8 Å². The molecule has 1 saturated heterocycles. The molecule has 2 heterocycles. The zero-order chi connectivity index (χ0) is 20.3. The molecule has 1 atom stereocenters. The van der Waals surface area contributed by atoms with E-state index in [0.717, 1.165) is 55.3 Å². The Morgan fingerprint density at radius 1 is 1.14 bits per heavy atom. The summed E-state index contributed by atoms with van der Waals surface area (Å²) in [6, 6.07) is 12.3. The van der Waals surface area contributed by atoms with Crippen LogP contribution in [0.4, 0.5) is 0 Å². The molecule has 1 aliphatic carbocycles. The number of aromatic nitrogens is 1. The van der Waals surface area contributed by atoms with E-state index in [1.165, 1.54) is 0 Å². The van der Waals surface area contributed by atoms with E-state index in [1.54, 1.807) is 19.4 Å². The van der Waals surface area contributed by atoms with Crippen molar-refractivity contribution in [1.82, 2.24) is 15.2 Å². The fourth-order valence-corrected chi connectivity index (χ4v) is 4.76. The maximum absolute atomic E-state index is 13.1. The number of hydrogen-bond acceptors (Lipinski definition) is 3. The highest BCUT2D eigenvalue weighted by Gasteiger charge is 2.44. The van der Waals surface area contributed by atoms with Gasteiger partial charge in [-0.05, 0) is 60.9 Å². The van der Waals surface area contributed by atoms with Crippen LogP contribution in [0.5, 0.6) is 0 Å². The van der Waals surface area contributed by atoms with E-state index in [0.29, 0.717) is 13.0 Å². The van der Waals surface area contributed by atoms with Crippen molar-refractivity contribution in [2.45, 2.75) is 38.5 Å². The van der Waals surface area contributed by atoms with Crippen LogP contribution >= 0.6 is 0 Å². The van der Waals surface area contributed by atoms with Crippen LogP contribution in [-0.4, -0.2) is 41.8 Å². The summed E-state index contributed by atoms with van der Waals surface area (Å²) >= 11 is 0. The smallest absolute Gasteiger partial charge is 0.228 e. The maximum Gasteiger partial charge on any atom is 0.228 e. The highest BCUT2D eigenvalue weighted by Crippen LogP contribution is 2.38.